The van der Waals surface area contributed by atoms with Crippen LogP contribution in [0.3, 0.4) is 0 Å². The Morgan fingerprint density at radius 3 is 2.88 bits per heavy atom. The second-order valence-electron chi connectivity index (χ2n) is 6.01. The third-order valence-electron chi connectivity index (χ3n) is 4.13. The topological polar surface area (TPSA) is 59.8 Å². The predicted molar refractivity (Wildman–Crippen MR) is 95.8 cm³/mol. The molecule has 122 valence electrons. The van der Waals surface area contributed by atoms with Crippen molar-refractivity contribution in [3.8, 4) is 21.6 Å². The summed E-state index contributed by atoms with van der Waals surface area (Å²) in [5.41, 5.74) is 4.05. The van der Waals surface area contributed by atoms with Gasteiger partial charge in [-0.2, -0.15) is 5.10 Å². The number of carbonyl (C=O) groups is 1. The van der Waals surface area contributed by atoms with Crippen molar-refractivity contribution in [3.63, 3.8) is 0 Å². The molecule has 5 nitrogen and oxygen atoms in total. The maximum absolute atomic E-state index is 11.9. The highest BCUT2D eigenvalue weighted by atomic mass is 32.1. The molecule has 1 aliphatic carbocycles. The standard InChI is InChI=1S/C18H18N4OS/c1-2-22-10-15(8-20-22)14-6-17(24-11-14)13-5-16(9-19-7-13)21-18(23)12-3-4-12/h5-12H,2-4H2,1H3,(H,21,23). The van der Waals surface area contributed by atoms with E-state index in [9.17, 15) is 4.79 Å². The largest absolute Gasteiger partial charge is 0.324 e. The Hall–Kier alpha value is -2.47. The lowest BCUT2D eigenvalue weighted by molar-refractivity contribution is -0.117. The van der Waals surface area contributed by atoms with Crippen molar-refractivity contribution in [3.05, 3.63) is 42.3 Å². The summed E-state index contributed by atoms with van der Waals surface area (Å²) < 4.78 is 1.92. The third-order valence-corrected chi connectivity index (χ3v) is 5.11. The molecule has 1 aliphatic rings. The molecule has 1 fully saturated rings. The Labute approximate surface area is 144 Å². The van der Waals surface area contributed by atoms with Gasteiger partial charge in [-0.25, -0.2) is 0 Å². The summed E-state index contributed by atoms with van der Waals surface area (Å²) in [6.07, 6.45) is 9.47. The molecule has 0 radical (unpaired) electrons. The number of aryl methyl sites for hydroxylation is 1. The molecule has 24 heavy (non-hydrogen) atoms. The van der Waals surface area contributed by atoms with E-state index in [4.69, 9.17) is 0 Å². The van der Waals surface area contributed by atoms with E-state index in [-0.39, 0.29) is 11.8 Å². The van der Waals surface area contributed by atoms with E-state index in [1.54, 1.807) is 17.5 Å². The van der Waals surface area contributed by atoms with Crippen LogP contribution in [-0.4, -0.2) is 20.7 Å². The molecule has 0 saturated heterocycles. The van der Waals surface area contributed by atoms with Crippen molar-refractivity contribution in [2.24, 2.45) is 5.92 Å². The monoisotopic (exact) mass is 338 g/mol. The zero-order chi connectivity index (χ0) is 16.5. The first kappa shape index (κ1) is 15.1. The Bertz CT molecular complexity index is 879. The SMILES string of the molecule is CCn1cc(-c2csc(-c3cncc(NC(=O)C4CC4)c3)c2)cn1. The number of pyridine rings is 1. The Morgan fingerprint density at radius 2 is 2.12 bits per heavy atom. The Morgan fingerprint density at radius 1 is 1.25 bits per heavy atom. The summed E-state index contributed by atoms with van der Waals surface area (Å²) in [5.74, 6) is 0.296. The maximum Gasteiger partial charge on any atom is 0.227 e. The first-order valence-electron chi connectivity index (χ1n) is 8.10. The van der Waals surface area contributed by atoms with E-state index in [2.05, 4.69) is 40.0 Å². The van der Waals surface area contributed by atoms with Crippen LogP contribution in [0.5, 0.6) is 0 Å². The van der Waals surface area contributed by atoms with Crippen molar-refractivity contribution in [2.45, 2.75) is 26.3 Å². The van der Waals surface area contributed by atoms with Crippen molar-refractivity contribution < 1.29 is 4.79 Å². The summed E-state index contributed by atoms with van der Waals surface area (Å²) in [5, 5.41) is 9.40. The zero-order valence-corrected chi connectivity index (χ0v) is 14.2. The minimum atomic E-state index is 0.104. The van der Waals surface area contributed by atoms with Crippen LogP contribution in [-0.2, 0) is 11.3 Å². The van der Waals surface area contributed by atoms with Gasteiger partial charge in [-0.1, -0.05) is 0 Å². The normalized spacial score (nSPS) is 13.9. The quantitative estimate of drug-likeness (QED) is 0.764. The molecule has 1 saturated carbocycles. The number of carbonyl (C=O) groups excluding carboxylic acids is 1. The van der Waals surface area contributed by atoms with Gasteiger partial charge in [-0.15, -0.1) is 11.3 Å². The molecular formula is C18H18N4OS. The third kappa shape index (κ3) is 3.10. The fraction of sp³-hybridized carbons (Fsp3) is 0.278. The molecule has 0 atom stereocenters. The molecule has 0 aromatic carbocycles. The van der Waals surface area contributed by atoms with Gasteiger partial charge in [0.15, 0.2) is 0 Å². The maximum atomic E-state index is 11.9. The average Bonchev–Trinajstić information content (AvgIpc) is 3.15. The van der Waals surface area contributed by atoms with Crippen LogP contribution >= 0.6 is 11.3 Å². The second kappa shape index (κ2) is 6.20. The number of nitrogens with one attached hydrogen (secondary N) is 1. The van der Waals surface area contributed by atoms with Crippen molar-refractivity contribution >= 4 is 22.9 Å². The molecule has 0 unspecified atom stereocenters. The van der Waals surface area contributed by atoms with Crippen LogP contribution < -0.4 is 5.32 Å². The van der Waals surface area contributed by atoms with E-state index >= 15 is 0 Å². The summed E-state index contributed by atoms with van der Waals surface area (Å²) in [6.45, 7) is 2.94. The minimum absolute atomic E-state index is 0.104. The smallest absolute Gasteiger partial charge is 0.227 e. The summed E-state index contributed by atoms with van der Waals surface area (Å²) >= 11 is 1.67. The first-order chi connectivity index (χ1) is 11.7. The average molecular weight is 338 g/mol. The van der Waals surface area contributed by atoms with E-state index < -0.39 is 0 Å². The van der Waals surface area contributed by atoms with E-state index in [1.807, 2.05) is 23.1 Å². The second-order valence-corrected chi connectivity index (χ2v) is 6.92. The number of hydrogen-bond donors (Lipinski definition) is 1. The molecule has 3 heterocycles. The Kier molecular flexibility index (Phi) is 3.90. The van der Waals surface area contributed by atoms with Gasteiger partial charge in [0.1, 0.15) is 0 Å². The number of anilines is 1. The van der Waals surface area contributed by atoms with E-state index in [0.717, 1.165) is 46.6 Å². The van der Waals surface area contributed by atoms with Crippen LogP contribution in [0.4, 0.5) is 5.69 Å². The highest BCUT2D eigenvalue weighted by Crippen LogP contribution is 2.34. The zero-order valence-electron chi connectivity index (χ0n) is 13.4. The lowest BCUT2D eigenvalue weighted by atomic mass is 10.1. The van der Waals surface area contributed by atoms with Crippen LogP contribution in [0.2, 0.25) is 0 Å². The van der Waals surface area contributed by atoms with E-state index in [0.29, 0.717) is 0 Å². The molecule has 1 amide bonds. The van der Waals surface area contributed by atoms with Crippen molar-refractivity contribution in [1.29, 1.82) is 0 Å². The van der Waals surface area contributed by atoms with Crippen molar-refractivity contribution in [2.75, 3.05) is 5.32 Å². The van der Waals surface area contributed by atoms with E-state index in [1.165, 1.54) is 0 Å². The molecule has 3 aromatic rings. The molecule has 0 bridgehead atoms. The predicted octanol–water partition coefficient (Wildman–Crippen LogP) is 4.04. The fourth-order valence-electron chi connectivity index (χ4n) is 2.56. The molecule has 4 rings (SSSR count). The highest BCUT2D eigenvalue weighted by Gasteiger charge is 2.29. The van der Waals surface area contributed by atoms with Crippen molar-refractivity contribution in [1.82, 2.24) is 14.8 Å². The molecule has 1 N–H and O–H groups in total. The van der Waals surface area contributed by atoms with Crippen LogP contribution in [0, 0.1) is 5.92 Å². The lowest BCUT2D eigenvalue weighted by Crippen LogP contribution is -2.13. The number of nitrogens with zero attached hydrogens (tertiary/aromatic N) is 3. The number of aromatic nitrogens is 3. The molecule has 6 heteroatoms. The van der Waals surface area contributed by atoms with Gasteiger partial charge >= 0.3 is 0 Å². The van der Waals surface area contributed by atoms with Gasteiger partial charge < -0.3 is 5.32 Å². The van der Waals surface area contributed by atoms with Gasteiger partial charge in [0.05, 0.1) is 18.1 Å². The first-order valence-corrected chi connectivity index (χ1v) is 8.98. The summed E-state index contributed by atoms with van der Waals surface area (Å²) in [6, 6.07) is 4.13. The van der Waals surface area contributed by atoms with Gasteiger partial charge in [-0.05, 0) is 42.8 Å². The number of hydrogen-bond acceptors (Lipinski definition) is 4. The summed E-state index contributed by atoms with van der Waals surface area (Å²) in [7, 11) is 0. The van der Waals surface area contributed by atoms with Gasteiger partial charge in [0.25, 0.3) is 0 Å². The van der Waals surface area contributed by atoms with Crippen LogP contribution in [0.25, 0.3) is 21.6 Å². The van der Waals surface area contributed by atoms with Gasteiger partial charge in [0, 0.05) is 40.9 Å². The molecule has 0 aliphatic heterocycles. The lowest BCUT2D eigenvalue weighted by Gasteiger charge is -2.05. The van der Waals surface area contributed by atoms with Gasteiger partial charge in [-0.3, -0.25) is 14.5 Å². The molecule has 0 spiro atoms. The number of rotatable bonds is 5. The summed E-state index contributed by atoms with van der Waals surface area (Å²) in [4.78, 5) is 17.3. The molecule has 3 aromatic heterocycles. The highest BCUT2D eigenvalue weighted by molar-refractivity contribution is 7.14. The van der Waals surface area contributed by atoms with Gasteiger partial charge in [0.2, 0.25) is 5.91 Å². The van der Waals surface area contributed by atoms with Crippen LogP contribution in [0.1, 0.15) is 19.8 Å². The minimum Gasteiger partial charge on any atom is -0.324 e. The fourth-order valence-corrected chi connectivity index (χ4v) is 3.46. The number of amides is 1. The number of thiophene rings is 1. The van der Waals surface area contributed by atoms with Crippen LogP contribution in [0.15, 0.2) is 42.3 Å². The molecular weight excluding hydrogens is 320 g/mol. The Balaban J connectivity index is 1.56.